The first-order chi connectivity index (χ1) is 5.12. The topological polar surface area (TPSA) is 109 Å². The van der Waals surface area contributed by atoms with Crippen LogP contribution in [0, 0.1) is 0 Å². The van der Waals surface area contributed by atoms with Crippen LogP contribution in [0.15, 0.2) is 0 Å². The van der Waals surface area contributed by atoms with Crippen molar-refractivity contribution in [3.05, 3.63) is 0 Å². The highest BCUT2D eigenvalue weighted by Gasteiger charge is 2.21. The third-order valence-electron chi connectivity index (χ3n) is 0.424. The Morgan fingerprint density at radius 1 is 1.17 bits per heavy atom. The van der Waals surface area contributed by atoms with Crippen molar-refractivity contribution in [1.29, 1.82) is 0 Å². The maximum absolute atomic E-state index is 11.5. The van der Waals surface area contributed by atoms with Crippen molar-refractivity contribution in [2.75, 3.05) is 0 Å². The zero-order valence-corrected chi connectivity index (χ0v) is 6.75. The first-order valence-corrected chi connectivity index (χ1v) is 4.94. The normalized spacial score (nSPS) is 12.5. The SMILES string of the molecule is O=C(F)NS(=O)(=O)NS(=O)(=O)F. The maximum Gasteiger partial charge on any atom is 0.412 e. The molecule has 11 heteroatoms. The lowest BCUT2D eigenvalue weighted by Gasteiger charge is -1.98. The summed E-state index contributed by atoms with van der Waals surface area (Å²) in [6, 6.07) is 0. The second kappa shape index (κ2) is 3.28. The van der Waals surface area contributed by atoms with E-state index in [1.54, 1.807) is 0 Å². The third-order valence-corrected chi connectivity index (χ3v) is 2.53. The second-order valence-electron chi connectivity index (χ2n) is 1.40. The van der Waals surface area contributed by atoms with Crippen LogP contribution >= 0.6 is 0 Å². The molecule has 0 aliphatic carbocycles. The van der Waals surface area contributed by atoms with E-state index in [4.69, 9.17) is 0 Å². The number of carbonyl (C=O) groups excluding carboxylic acids is 1. The first-order valence-electron chi connectivity index (χ1n) is 2.08. The van der Waals surface area contributed by atoms with E-state index in [0.29, 0.717) is 8.85 Å². The van der Waals surface area contributed by atoms with E-state index < -0.39 is 26.8 Å². The van der Waals surface area contributed by atoms with E-state index in [0.717, 1.165) is 0 Å². The molecule has 0 radical (unpaired) electrons. The van der Waals surface area contributed by atoms with Gasteiger partial charge in [0.15, 0.2) is 0 Å². The lowest BCUT2D eigenvalue weighted by molar-refractivity contribution is 0.227. The van der Waals surface area contributed by atoms with E-state index in [1.807, 2.05) is 0 Å². The van der Waals surface area contributed by atoms with Gasteiger partial charge in [-0.3, -0.25) is 0 Å². The molecule has 0 bridgehead atoms. The van der Waals surface area contributed by atoms with Crippen LogP contribution in [-0.4, -0.2) is 23.0 Å². The number of carbonyl (C=O) groups is 1. The highest BCUT2D eigenvalue weighted by molar-refractivity contribution is 8.01. The van der Waals surface area contributed by atoms with Crippen LogP contribution in [0.2, 0.25) is 0 Å². The number of rotatable bonds is 3. The van der Waals surface area contributed by atoms with Crippen LogP contribution in [0.5, 0.6) is 0 Å². The monoisotopic (exact) mass is 224 g/mol. The van der Waals surface area contributed by atoms with Crippen molar-refractivity contribution in [2.24, 2.45) is 0 Å². The highest BCUT2D eigenvalue weighted by Crippen LogP contribution is 1.88. The van der Waals surface area contributed by atoms with Gasteiger partial charge in [0.2, 0.25) is 0 Å². The number of nitrogens with one attached hydrogen (secondary N) is 2. The average Bonchev–Trinajstić information content (AvgIpc) is 1.48. The molecular formula is CH2F2N2O5S2. The van der Waals surface area contributed by atoms with Crippen molar-refractivity contribution >= 4 is 26.8 Å². The Labute approximate surface area is 66.3 Å². The first kappa shape index (κ1) is 11.2. The Morgan fingerprint density at radius 3 is 1.83 bits per heavy atom. The molecule has 0 aromatic heterocycles. The number of hydrogen-bond donors (Lipinski definition) is 2. The molecule has 1 amide bonds. The molecule has 0 saturated heterocycles. The summed E-state index contributed by atoms with van der Waals surface area (Å²) in [7, 11) is -10.6. The molecule has 2 N–H and O–H groups in total. The molecule has 0 heterocycles. The number of halogens is 2. The predicted octanol–water partition coefficient (Wildman–Crippen LogP) is -1.29. The number of amides is 1. The van der Waals surface area contributed by atoms with Crippen molar-refractivity contribution in [2.45, 2.75) is 0 Å². The van der Waals surface area contributed by atoms with Gasteiger partial charge in [0.05, 0.1) is 0 Å². The van der Waals surface area contributed by atoms with Gasteiger partial charge in [0.25, 0.3) is 0 Å². The summed E-state index contributed by atoms with van der Waals surface area (Å²) < 4.78 is 63.2. The van der Waals surface area contributed by atoms with Crippen molar-refractivity contribution in [1.82, 2.24) is 8.85 Å². The summed E-state index contributed by atoms with van der Waals surface area (Å²) in [5, 5.41) is 0. The molecule has 0 saturated carbocycles. The minimum atomic E-state index is -5.55. The lowest BCUT2D eigenvalue weighted by Crippen LogP contribution is -2.39. The Bertz CT molecular complexity index is 368. The van der Waals surface area contributed by atoms with Crippen LogP contribution < -0.4 is 8.85 Å². The summed E-state index contributed by atoms with van der Waals surface area (Å²) in [6.07, 6.45) is -2.54. The summed E-state index contributed by atoms with van der Waals surface area (Å²) in [5.41, 5.74) is 0. The van der Waals surface area contributed by atoms with Crippen molar-refractivity contribution < 1.29 is 29.9 Å². The van der Waals surface area contributed by atoms with E-state index >= 15 is 0 Å². The van der Waals surface area contributed by atoms with Crippen LogP contribution in [0.25, 0.3) is 0 Å². The molecule has 12 heavy (non-hydrogen) atoms. The molecule has 72 valence electrons. The highest BCUT2D eigenvalue weighted by atomic mass is 32.3. The zero-order valence-electron chi connectivity index (χ0n) is 5.11. The average molecular weight is 224 g/mol. The number of hydrogen-bond acceptors (Lipinski definition) is 5. The molecule has 0 aromatic carbocycles. The quantitative estimate of drug-likeness (QED) is 0.458. The molecule has 7 nitrogen and oxygen atoms in total. The van der Waals surface area contributed by atoms with Gasteiger partial charge in [-0.15, -0.1) is 4.39 Å². The Balaban J connectivity index is 4.58. The summed E-state index contributed by atoms with van der Waals surface area (Å²) >= 11 is 0. The smallest absolute Gasteiger partial charge is 0.233 e. The molecule has 0 aromatic rings. The van der Waals surface area contributed by atoms with Crippen LogP contribution in [-0.2, 0) is 20.6 Å². The fraction of sp³-hybridized carbons (Fsp3) is 0. The minimum Gasteiger partial charge on any atom is -0.233 e. The Morgan fingerprint density at radius 2 is 1.58 bits per heavy atom. The molecular weight excluding hydrogens is 222 g/mol. The van der Waals surface area contributed by atoms with Crippen LogP contribution in [0.1, 0.15) is 0 Å². The molecule has 0 aliphatic heterocycles. The van der Waals surface area contributed by atoms with E-state index in [1.165, 1.54) is 0 Å². The molecule has 0 rings (SSSR count). The molecule has 0 spiro atoms. The fourth-order valence-corrected chi connectivity index (χ4v) is 1.68. The summed E-state index contributed by atoms with van der Waals surface area (Å²) in [5.74, 6) is 0. The van der Waals surface area contributed by atoms with E-state index in [2.05, 4.69) is 0 Å². The molecule has 0 fully saturated rings. The van der Waals surface area contributed by atoms with Gasteiger partial charge in [-0.25, -0.2) is 9.52 Å². The van der Waals surface area contributed by atoms with Gasteiger partial charge >= 0.3 is 26.8 Å². The van der Waals surface area contributed by atoms with Crippen LogP contribution in [0.3, 0.4) is 0 Å². The minimum absolute atomic E-state index is 0.333. The molecule has 0 unspecified atom stereocenters. The standard InChI is InChI=1S/CH2F2N2O5S2/c2-1(6)4-12(9,10)5-11(3,7)8/h5H,(H,4,6). The van der Waals surface area contributed by atoms with Gasteiger partial charge in [0.1, 0.15) is 0 Å². The van der Waals surface area contributed by atoms with E-state index in [-0.39, 0.29) is 0 Å². The largest absolute Gasteiger partial charge is 0.412 e. The van der Waals surface area contributed by atoms with Crippen LogP contribution in [0.4, 0.5) is 13.1 Å². The van der Waals surface area contributed by atoms with Gasteiger partial charge < -0.3 is 0 Å². The van der Waals surface area contributed by atoms with Crippen molar-refractivity contribution in [3.63, 3.8) is 0 Å². The fourth-order valence-electron chi connectivity index (χ4n) is 0.258. The van der Waals surface area contributed by atoms with Crippen molar-refractivity contribution in [3.8, 4) is 0 Å². The zero-order chi connectivity index (χ0) is 9.99. The summed E-state index contributed by atoms with van der Waals surface area (Å²) in [6.45, 7) is 0. The van der Waals surface area contributed by atoms with E-state index in [9.17, 15) is 29.9 Å². The van der Waals surface area contributed by atoms with Gasteiger partial charge in [-0.1, -0.05) is 8.01 Å². The van der Waals surface area contributed by atoms with Gasteiger partial charge in [-0.05, 0) is 0 Å². The lowest BCUT2D eigenvalue weighted by atomic mass is 11.4. The molecule has 0 aliphatic rings. The summed E-state index contributed by atoms with van der Waals surface area (Å²) in [4.78, 5) is 9.43. The van der Waals surface area contributed by atoms with Gasteiger partial charge in [-0.2, -0.15) is 16.8 Å². The third kappa shape index (κ3) is 5.94. The predicted molar refractivity (Wildman–Crippen MR) is 31.7 cm³/mol. The Hall–Kier alpha value is -0.810. The second-order valence-corrected chi connectivity index (χ2v) is 4.15. The van der Waals surface area contributed by atoms with Gasteiger partial charge in [0, 0.05) is 0 Å². The maximum atomic E-state index is 11.5. The molecule has 0 atom stereocenters. The Kier molecular flexibility index (Phi) is 3.06.